The Hall–Kier alpha value is -2.74. The predicted octanol–water partition coefficient (Wildman–Crippen LogP) is 2.63. The van der Waals surface area contributed by atoms with Crippen LogP contribution in [0.25, 0.3) is 0 Å². The van der Waals surface area contributed by atoms with Crippen molar-refractivity contribution in [2.45, 2.75) is 6.42 Å². The Morgan fingerprint density at radius 3 is 2.73 bits per heavy atom. The third kappa shape index (κ3) is 4.13. The van der Waals surface area contributed by atoms with Gasteiger partial charge in [-0.05, 0) is 18.6 Å². The second-order valence-electron chi connectivity index (χ2n) is 4.32. The van der Waals surface area contributed by atoms with Gasteiger partial charge in [0.25, 0.3) is 0 Å². The van der Waals surface area contributed by atoms with Gasteiger partial charge in [-0.25, -0.2) is 4.98 Å². The average Bonchev–Trinajstić information content (AvgIpc) is 2.52. The normalized spacial score (nSPS) is 10.2. The Morgan fingerprint density at radius 1 is 1.27 bits per heavy atom. The van der Waals surface area contributed by atoms with E-state index in [0.29, 0.717) is 25.3 Å². The molecule has 2 aromatic rings. The van der Waals surface area contributed by atoms with E-state index in [-0.39, 0.29) is 17.4 Å². The van der Waals surface area contributed by atoms with Gasteiger partial charge in [0, 0.05) is 20.3 Å². The summed E-state index contributed by atoms with van der Waals surface area (Å²) in [6.07, 6.45) is 1.93. The summed E-state index contributed by atoms with van der Waals surface area (Å²) in [5.41, 5.74) is -0.288. The zero-order chi connectivity index (χ0) is 15.8. The smallest absolute Gasteiger partial charge is 0.373 e. The number of para-hydroxylation sites is 1. The molecule has 0 atom stereocenters. The molecule has 0 spiro atoms. The number of ether oxygens (including phenoxy) is 2. The van der Waals surface area contributed by atoms with Gasteiger partial charge in [-0.1, -0.05) is 18.2 Å². The summed E-state index contributed by atoms with van der Waals surface area (Å²) in [7, 11) is 1.60. The van der Waals surface area contributed by atoms with Gasteiger partial charge < -0.3 is 14.8 Å². The van der Waals surface area contributed by atoms with Gasteiger partial charge in [-0.3, -0.25) is 10.1 Å². The maximum atomic E-state index is 11.3. The van der Waals surface area contributed by atoms with Gasteiger partial charge in [-0.15, -0.1) is 0 Å². The van der Waals surface area contributed by atoms with Crippen LogP contribution in [0.1, 0.15) is 6.42 Å². The highest BCUT2D eigenvalue weighted by molar-refractivity contribution is 5.61. The maximum absolute atomic E-state index is 11.3. The summed E-state index contributed by atoms with van der Waals surface area (Å²) in [4.78, 5) is 18.5. The van der Waals surface area contributed by atoms with Crippen molar-refractivity contribution >= 4 is 11.5 Å². The van der Waals surface area contributed by atoms with E-state index in [1.54, 1.807) is 31.4 Å². The van der Waals surface area contributed by atoms with Crippen LogP contribution < -0.4 is 10.1 Å². The molecule has 0 bridgehead atoms. The molecule has 0 radical (unpaired) electrons. The van der Waals surface area contributed by atoms with Crippen molar-refractivity contribution in [2.75, 3.05) is 25.6 Å². The highest BCUT2D eigenvalue weighted by Crippen LogP contribution is 2.33. The minimum Gasteiger partial charge on any atom is -0.434 e. The fourth-order valence-electron chi connectivity index (χ4n) is 1.75. The first-order valence-corrected chi connectivity index (χ1v) is 6.67. The molecule has 1 aromatic heterocycles. The molecule has 116 valence electrons. The Bertz CT molecular complexity index is 621. The van der Waals surface area contributed by atoms with Crippen LogP contribution in [0.4, 0.5) is 11.5 Å². The van der Waals surface area contributed by atoms with E-state index in [1.807, 2.05) is 6.07 Å². The van der Waals surface area contributed by atoms with Crippen LogP contribution in [0.15, 0.2) is 36.7 Å². The Balaban J connectivity index is 2.20. The Morgan fingerprint density at radius 2 is 2.05 bits per heavy atom. The summed E-state index contributed by atoms with van der Waals surface area (Å²) in [6.45, 7) is 1.05. The molecule has 0 aliphatic rings. The molecule has 2 rings (SSSR count). The van der Waals surface area contributed by atoms with Gasteiger partial charge >= 0.3 is 11.6 Å². The first-order chi connectivity index (χ1) is 10.7. The van der Waals surface area contributed by atoms with E-state index in [2.05, 4.69) is 15.3 Å². The molecule has 0 aliphatic carbocycles. The summed E-state index contributed by atoms with van der Waals surface area (Å²) in [5, 5.41) is 14.2. The summed E-state index contributed by atoms with van der Waals surface area (Å²) in [5.74, 6) is 0.497. The third-order valence-electron chi connectivity index (χ3n) is 2.75. The van der Waals surface area contributed by atoms with E-state index >= 15 is 0 Å². The molecular weight excluding hydrogens is 288 g/mol. The van der Waals surface area contributed by atoms with E-state index in [0.717, 1.165) is 0 Å². The van der Waals surface area contributed by atoms with Crippen molar-refractivity contribution in [3.63, 3.8) is 0 Å². The molecule has 0 amide bonds. The molecule has 0 aliphatic heterocycles. The maximum Gasteiger partial charge on any atom is 0.373 e. The zero-order valence-corrected chi connectivity index (χ0v) is 12.1. The van der Waals surface area contributed by atoms with Crippen LogP contribution in [0.2, 0.25) is 0 Å². The molecular formula is C14H16N4O4. The molecule has 8 heteroatoms. The number of hydrogen-bond donors (Lipinski definition) is 1. The number of methoxy groups -OCH3 is 1. The topological polar surface area (TPSA) is 99.4 Å². The van der Waals surface area contributed by atoms with Crippen LogP contribution in [-0.2, 0) is 4.74 Å². The van der Waals surface area contributed by atoms with Crippen LogP contribution in [0.3, 0.4) is 0 Å². The van der Waals surface area contributed by atoms with Crippen molar-refractivity contribution in [1.82, 2.24) is 9.97 Å². The van der Waals surface area contributed by atoms with E-state index in [1.165, 1.54) is 6.33 Å². The van der Waals surface area contributed by atoms with Crippen molar-refractivity contribution in [3.8, 4) is 11.6 Å². The monoisotopic (exact) mass is 304 g/mol. The molecule has 22 heavy (non-hydrogen) atoms. The van der Waals surface area contributed by atoms with Crippen LogP contribution in [0.5, 0.6) is 11.6 Å². The Kier molecular flexibility index (Phi) is 5.61. The van der Waals surface area contributed by atoms with E-state index in [9.17, 15) is 10.1 Å². The number of aromatic nitrogens is 2. The van der Waals surface area contributed by atoms with E-state index < -0.39 is 4.92 Å². The van der Waals surface area contributed by atoms with Crippen molar-refractivity contribution in [2.24, 2.45) is 0 Å². The number of hydrogen-bond acceptors (Lipinski definition) is 7. The molecule has 1 aromatic carbocycles. The van der Waals surface area contributed by atoms with Gasteiger partial charge in [0.15, 0.2) is 0 Å². The van der Waals surface area contributed by atoms with Gasteiger partial charge in [-0.2, -0.15) is 4.98 Å². The van der Waals surface area contributed by atoms with E-state index in [4.69, 9.17) is 9.47 Å². The van der Waals surface area contributed by atoms with Crippen molar-refractivity contribution in [1.29, 1.82) is 0 Å². The molecule has 0 unspecified atom stereocenters. The quantitative estimate of drug-likeness (QED) is 0.454. The highest BCUT2D eigenvalue weighted by Gasteiger charge is 2.24. The number of benzene rings is 1. The fraction of sp³-hybridized carbons (Fsp3) is 0.286. The largest absolute Gasteiger partial charge is 0.434 e. The highest BCUT2D eigenvalue weighted by atomic mass is 16.6. The first kappa shape index (κ1) is 15.6. The molecule has 1 N–H and O–H groups in total. The predicted molar refractivity (Wildman–Crippen MR) is 80.2 cm³/mol. The SMILES string of the molecule is COCCCNc1ncnc(Oc2ccccc2)c1[N+](=O)[O-]. The number of nitrogens with one attached hydrogen (secondary N) is 1. The second-order valence-corrected chi connectivity index (χ2v) is 4.32. The summed E-state index contributed by atoms with van der Waals surface area (Å²) in [6, 6.07) is 8.75. The third-order valence-corrected chi connectivity index (χ3v) is 2.75. The molecule has 0 saturated carbocycles. The zero-order valence-electron chi connectivity index (χ0n) is 12.1. The lowest BCUT2D eigenvalue weighted by Gasteiger charge is -2.09. The van der Waals surface area contributed by atoms with Gasteiger partial charge in [0.05, 0.1) is 4.92 Å². The molecule has 8 nitrogen and oxygen atoms in total. The van der Waals surface area contributed by atoms with Crippen LogP contribution in [-0.4, -0.2) is 35.2 Å². The number of anilines is 1. The minimum atomic E-state index is -0.559. The number of nitro groups is 1. The second kappa shape index (κ2) is 7.89. The molecule has 0 fully saturated rings. The van der Waals surface area contributed by atoms with Crippen molar-refractivity contribution in [3.05, 3.63) is 46.8 Å². The number of rotatable bonds is 8. The van der Waals surface area contributed by atoms with Crippen LogP contribution >= 0.6 is 0 Å². The number of nitrogens with zero attached hydrogens (tertiary/aromatic N) is 3. The lowest BCUT2D eigenvalue weighted by atomic mass is 10.3. The van der Waals surface area contributed by atoms with Gasteiger partial charge in [0.2, 0.25) is 5.82 Å². The Labute approximate surface area is 127 Å². The van der Waals surface area contributed by atoms with Crippen LogP contribution in [0, 0.1) is 10.1 Å². The lowest BCUT2D eigenvalue weighted by Crippen LogP contribution is -2.09. The molecule has 0 saturated heterocycles. The first-order valence-electron chi connectivity index (χ1n) is 6.67. The lowest BCUT2D eigenvalue weighted by molar-refractivity contribution is -0.385. The summed E-state index contributed by atoms with van der Waals surface area (Å²) >= 11 is 0. The average molecular weight is 304 g/mol. The van der Waals surface area contributed by atoms with Gasteiger partial charge in [0.1, 0.15) is 12.1 Å². The van der Waals surface area contributed by atoms with Crippen molar-refractivity contribution < 1.29 is 14.4 Å². The molecule has 1 heterocycles. The summed E-state index contributed by atoms with van der Waals surface area (Å²) < 4.78 is 10.4. The minimum absolute atomic E-state index is 0.0968. The standard InChI is InChI=1S/C14H16N4O4/c1-21-9-5-8-15-13-12(18(19)20)14(17-10-16-13)22-11-6-3-2-4-7-11/h2-4,6-7,10H,5,8-9H2,1H3,(H,15,16,17). The fourth-order valence-corrected chi connectivity index (χ4v) is 1.75.